The Labute approximate surface area is 85.3 Å². The van der Waals surface area contributed by atoms with Gasteiger partial charge in [-0.1, -0.05) is 13.3 Å². The molecule has 3 heteroatoms. The van der Waals surface area contributed by atoms with Crippen LogP contribution in [0.3, 0.4) is 0 Å². The molecule has 1 heterocycles. The lowest BCUT2D eigenvalue weighted by Crippen LogP contribution is -2.07. The second kappa shape index (κ2) is 5.60. The molecule has 0 amide bonds. The minimum atomic E-state index is 0.487. The van der Waals surface area contributed by atoms with E-state index < -0.39 is 0 Å². The summed E-state index contributed by atoms with van der Waals surface area (Å²) in [6.07, 6.45) is 3.94. The highest BCUT2D eigenvalue weighted by molar-refractivity contribution is 5.33. The van der Waals surface area contributed by atoms with Gasteiger partial charge in [-0.05, 0) is 25.0 Å². The molecule has 3 nitrogen and oxygen atoms in total. The molecule has 1 aromatic rings. The van der Waals surface area contributed by atoms with Gasteiger partial charge in [-0.25, -0.2) is 4.98 Å². The molecule has 0 bridgehead atoms. The van der Waals surface area contributed by atoms with Crippen LogP contribution >= 0.6 is 0 Å². The van der Waals surface area contributed by atoms with Gasteiger partial charge in [0.15, 0.2) is 0 Å². The van der Waals surface area contributed by atoms with Crippen molar-refractivity contribution in [3.8, 4) is 5.88 Å². The van der Waals surface area contributed by atoms with Crippen molar-refractivity contribution in [1.29, 1.82) is 0 Å². The van der Waals surface area contributed by atoms with Crippen molar-refractivity contribution in [2.45, 2.75) is 33.2 Å². The summed E-state index contributed by atoms with van der Waals surface area (Å²) in [6, 6.07) is 1.95. The fourth-order valence-corrected chi connectivity index (χ4v) is 1.25. The molecule has 1 rings (SSSR count). The summed E-state index contributed by atoms with van der Waals surface area (Å²) < 4.78 is 5.56. The van der Waals surface area contributed by atoms with E-state index >= 15 is 0 Å². The molecule has 0 fully saturated rings. The Balaban J connectivity index is 2.70. The third-order valence-electron chi connectivity index (χ3n) is 2.19. The van der Waals surface area contributed by atoms with Crippen LogP contribution in [0, 0.1) is 6.92 Å². The standard InChI is InChI=1S/C11H18N2O/c1-3-4-7-14-11-10(8-12)9(2)5-6-13-11/h5-6H,3-4,7-8,12H2,1-2H3. The van der Waals surface area contributed by atoms with E-state index in [4.69, 9.17) is 10.5 Å². The predicted molar refractivity (Wildman–Crippen MR) is 57.3 cm³/mol. The number of rotatable bonds is 5. The van der Waals surface area contributed by atoms with Crippen molar-refractivity contribution in [2.24, 2.45) is 5.73 Å². The Morgan fingerprint density at radius 1 is 1.50 bits per heavy atom. The highest BCUT2D eigenvalue weighted by atomic mass is 16.5. The third-order valence-corrected chi connectivity index (χ3v) is 2.19. The first-order chi connectivity index (χ1) is 6.79. The fraction of sp³-hybridized carbons (Fsp3) is 0.545. The van der Waals surface area contributed by atoms with E-state index in [0.717, 1.165) is 30.6 Å². The monoisotopic (exact) mass is 194 g/mol. The van der Waals surface area contributed by atoms with Gasteiger partial charge >= 0.3 is 0 Å². The van der Waals surface area contributed by atoms with E-state index in [1.54, 1.807) is 6.20 Å². The van der Waals surface area contributed by atoms with Crippen LogP contribution in [0.25, 0.3) is 0 Å². The second-order valence-electron chi connectivity index (χ2n) is 3.32. The molecule has 1 aromatic heterocycles. The van der Waals surface area contributed by atoms with E-state index in [1.807, 2.05) is 13.0 Å². The van der Waals surface area contributed by atoms with Crippen LogP contribution in [0.5, 0.6) is 5.88 Å². The Kier molecular flexibility index (Phi) is 4.40. The Bertz CT molecular complexity index is 287. The van der Waals surface area contributed by atoms with Gasteiger partial charge in [0.1, 0.15) is 0 Å². The molecular formula is C11H18N2O. The highest BCUT2D eigenvalue weighted by Gasteiger charge is 2.05. The maximum atomic E-state index is 5.64. The molecule has 0 atom stereocenters. The quantitative estimate of drug-likeness (QED) is 0.729. The minimum Gasteiger partial charge on any atom is -0.477 e. The van der Waals surface area contributed by atoms with Crippen LogP contribution in [0.1, 0.15) is 30.9 Å². The first kappa shape index (κ1) is 11.0. The lowest BCUT2D eigenvalue weighted by Gasteiger charge is -2.10. The van der Waals surface area contributed by atoms with Crippen molar-refractivity contribution in [3.63, 3.8) is 0 Å². The van der Waals surface area contributed by atoms with Crippen molar-refractivity contribution < 1.29 is 4.74 Å². The number of nitrogens with zero attached hydrogens (tertiary/aromatic N) is 1. The van der Waals surface area contributed by atoms with Crippen LogP contribution in [-0.4, -0.2) is 11.6 Å². The van der Waals surface area contributed by atoms with Crippen molar-refractivity contribution in [1.82, 2.24) is 4.98 Å². The van der Waals surface area contributed by atoms with Crippen LogP contribution in [0.4, 0.5) is 0 Å². The normalized spacial score (nSPS) is 10.2. The summed E-state index contributed by atoms with van der Waals surface area (Å²) in [5.41, 5.74) is 7.80. The molecule has 14 heavy (non-hydrogen) atoms. The molecule has 78 valence electrons. The summed E-state index contributed by atoms with van der Waals surface area (Å²) in [4.78, 5) is 4.18. The SMILES string of the molecule is CCCCOc1nccc(C)c1CN. The van der Waals surface area contributed by atoms with Crippen molar-refractivity contribution in [2.75, 3.05) is 6.61 Å². The lowest BCUT2D eigenvalue weighted by atomic mass is 10.1. The van der Waals surface area contributed by atoms with Crippen LogP contribution in [0.2, 0.25) is 0 Å². The van der Waals surface area contributed by atoms with Crippen LogP contribution in [0.15, 0.2) is 12.3 Å². The topological polar surface area (TPSA) is 48.1 Å². The molecule has 0 spiro atoms. The highest BCUT2D eigenvalue weighted by Crippen LogP contribution is 2.18. The summed E-state index contributed by atoms with van der Waals surface area (Å²) in [5.74, 6) is 0.695. The fourth-order valence-electron chi connectivity index (χ4n) is 1.25. The van der Waals surface area contributed by atoms with Crippen LogP contribution < -0.4 is 10.5 Å². The predicted octanol–water partition coefficient (Wildman–Crippen LogP) is 2.03. The molecule has 0 saturated heterocycles. The Morgan fingerprint density at radius 3 is 2.93 bits per heavy atom. The summed E-state index contributed by atoms with van der Waals surface area (Å²) in [7, 11) is 0. The average molecular weight is 194 g/mol. The lowest BCUT2D eigenvalue weighted by molar-refractivity contribution is 0.294. The van der Waals surface area contributed by atoms with Gasteiger partial charge in [0.25, 0.3) is 0 Å². The smallest absolute Gasteiger partial charge is 0.218 e. The van der Waals surface area contributed by atoms with E-state index in [0.29, 0.717) is 12.4 Å². The molecular weight excluding hydrogens is 176 g/mol. The average Bonchev–Trinajstić information content (AvgIpc) is 2.18. The number of aryl methyl sites for hydroxylation is 1. The number of hydrogen-bond acceptors (Lipinski definition) is 3. The van der Waals surface area contributed by atoms with Gasteiger partial charge < -0.3 is 10.5 Å². The molecule has 0 aromatic carbocycles. The molecule has 0 radical (unpaired) electrons. The zero-order chi connectivity index (χ0) is 10.4. The second-order valence-corrected chi connectivity index (χ2v) is 3.32. The molecule has 0 aliphatic carbocycles. The molecule has 0 unspecified atom stereocenters. The zero-order valence-corrected chi connectivity index (χ0v) is 8.92. The van der Waals surface area contributed by atoms with Gasteiger partial charge in [0, 0.05) is 18.3 Å². The minimum absolute atomic E-state index is 0.487. The maximum absolute atomic E-state index is 5.64. The summed E-state index contributed by atoms with van der Waals surface area (Å²) in [5, 5.41) is 0. The number of nitrogens with two attached hydrogens (primary N) is 1. The first-order valence-electron chi connectivity index (χ1n) is 5.07. The van der Waals surface area contributed by atoms with Crippen LogP contribution in [-0.2, 0) is 6.54 Å². The zero-order valence-electron chi connectivity index (χ0n) is 8.92. The number of unbranched alkanes of at least 4 members (excludes halogenated alkanes) is 1. The molecule has 0 aliphatic heterocycles. The first-order valence-corrected chi connectivity index (χ1v) is 5.07. The van der Waals surface area contributed by atoms with Gasteiger partial charge in [0.2, 0.25) is 5.88 Å². The summed E-state index contributed by atoms with van der Waals surface area (Å²) in [6.45, 7) is 5.37. The molecule has 0 saturated carbocycles. The van der Waals surface area contributed by atoms with Gasteiger partial charge in [-0.2, -0.15) is 0 Å². The number of aromatic nitrogens is 1. The van der Waals surface area contributed by atoms with Crippen molar-refractivity contribution >= 4 is 0 Å². The Hall–Kier alpha value is -1.09. The van der Waals surface area contributed by atoms with E-state index in [2.05, 4.69) is 11.9 Å². The van der Waals surface area contributed by atoms with Gasteiger partial charge in [0.05, 0.1) is 6.61 Å². The molecule has 2 N–H and O–H groups in total. The van der Waals surface area contributed by atoms with E-state index in [-0.39, 0.29) is 0 Å². The summed E-state index contributed by atoms with van der Waals surface area (Å²) >= 11 is 0. The number of ether oxygens (including phenoxy) is 1. The third kappa shape index (κ3) is 2.70. The maximum Gasteiger partial charge on any atom is 0.218 e. The number of pyridine rings is 1. The van der Waals surface area contributed by atoms with Gasteiger partial charge in [-0.15, -0.1) is 0 Å². The molecule has 0 aliphatic rings. The number of hydrogen-bond donors (Lipinski definition) is 1. The van der Waals surface area contributed by atoms with E-state index in [1.165, 1.54) is 0 Å². The van der Waals surface area contributed by atoms with E-state index in [9.17, 15) is 0 Å². The van der Waals surface area contributed by atoms with Crippen molar-refractivity contribution in [3.05, 3.63) is 23.4 Å². The van der Waals surface area contributed by atoms with Gasteiger partial charge in [-0.3, -0.25) is 0 Å². The largest absolute Gasteiger partial charge is 0.477 e. The Morgan fingerprint density at radius 2 is 2.29 bits per heavy atom.